The average molecular weight is 243 g/mol. The lowest BCUT2D eigenvalue weighted by atomic mass is 10.1. The summed E-state index contributed by atoms with van der Waals surface area (Å²) in [5.74, 6) is 0.110. The van der Waals surface area contributed by atoms with Crippen LogP contribution in [0.2, 0.25) is 0 Å². The van der Waals surface area contributed by atoms with Crippen LogP contribution in [-0.4, -0.2) is 24.0 Å². The third-order valence-corrected chi connectivity index (χ3v) is 2.75. The van der Waals surface area contributed by atoms with Crippen LogP contribution >= 0.6 is 0 Å². The predicted molar refractivity (Wildman–Crippen MR) is 71.8 cm³/mol. The van der Waals surface area contributed by atoms with Gasteiger partial charge in [0.2, 0.25) is 0 Å². The lowest BCUT2D eigenvalue weighted by Gasteiger charge is -2.03. The Bertz CT molecular complexity index is 537. The van der Waals surface area contributed by atoms with Crippen LogP contribution in [0, 0.1) is 0 Å². The molecule has 94 valence electrons. The van der Waals surface area contributed by atoms with Gasteiger partial charge in [-0.15, -0.1) is 0 Å². The number of Topliss-reactive ketones (excluding diaryl/α,β-unsaturated/α-hetero) is 1. The molecule has 0 aliphatic rings. The molecule has 0 saturated carbocycles. The molecule has 1 aromatic carbocycles. The van der Waals surface area contributed by atoms with Gasteiger partial charge < -0.3 is 4.74 Å². The van der Waals surface area contributed by atoms with Gasteiger partial charge in [0, 0.05) is 30.2 Å². The molecule has 0 fully saturated rings. The van der Waals surface area contributed by atoms with Crippen LogP contribution in [0.1, 0.15) is 30.1 Å². The zero-order chi connectivity index (χ0) is 12.8. The number of hydrogen-bond acceptors (Lipinski definition) is 3. The maximum Gasteiger partial charge on any atom is 0.165 e. The van der Waals surface area contributed by atoms with E-state index in [9.17, 15) is 4.79 Å². The van der Waals surface area contributed by atoms with Gasteiger partial charge in [0.05, 0.1) is 12.1 Å². The highest BCUT2D eigenvalue weighted by molar-refractivity contribution is 5.99. The van der Waals surface area contributed by atoms with Crippen LogP contribution in [0.4, 0.5) is 0 Å². The Hall–Kier alpha value is -1.74. The summed E-state index contributed by atoms with van der Waals surface area (Å²) in [5.41, 5.74) is 1.57. The van der Waals surface area contributed by atoms with Gasteiger partial charge in [-0.2, -0.15) is 0 Å². The summed E-state index contributed by atoms with van der Waals surface area (Å²) in [7, 11) is 0. The summed E-state index contributed by atoms with van der Waals surface area (Å²) in [6.45, 7) is 3.26. The molecular weight excluding hydrogens is 226 g/mol. The van der Waals surface area contributed by atoms with E-state index in [-0.39, 0.29) is 5.78 Å². The Morgan fingerprint density at radius 1 is 1.28 bits per heavy atom. The van der Waals surface area contributed by atoms with Gasteiger partial charge in [0.15, 0.2) is 5.78 Å². The van der Waals surface area contributed by atoms with Crippen molar-refractivity contribution < 1.29 is 9.53 Å². The minimum absolute atomic E-state index is 0.110. The number of carbonyl (C=O) groups excluding carboxylic acids is 1. The molecule has 18 heavy (non-hydrogen) atoms. The molecule has 3 heteroatoms. The zero-order valence-electron chi connectivity index (χ0n) is 10.6. The summed E-state index contributed by atoms with van der Waals surface area (Å²) in [6.07, 6.45) is 3.15. The Morgan fingerprint density at radius 2 is 2.17 bits per heavy atom. The fourth-order valence-corrected chi connectivity index (χ4v) is 1.80. The van der Waals surface area contributed by atoms with Crippen molar-refractivity contribution >= 4 is 16.7 Å². The van der Waals surface area contributed by atoms with Crippen LogP contribution in [0.25, 0.3) is 10.9 Å². The number of hydrogen-bond donors (Lipinski definition) is 0. The topological polar surface area (TPSA) is 39.2 Å². The van der Waals surface area contributed by atoms with E-state index < -0.39 is 0 Å². The molecule has 0 atom stereocenters. The zero-order valence-corrected chi connectivity index (χ0v) is 10.6. The molecule has 2 rings (SSSR count). The molecule has 0 aliphatic carbocycles. The number of ketones is 1. The standard InChI is InChI=1S/C15H17NO2/c1-2-9-18-10-7-15(17)13-6-5-12-4-3-8-16-14(12)11-13/h3-6,8,11H,2,7,9-10H2,1H3. The van der Waals surface area contributed by atoms with Crippen molar-refractivity contribution in [2.24, 2.45) is 0 Å². The van der Waals surface area contributed by atoms with E-state index in [1.807, 2.05) is 30.3 Å². The Labute approximate surface area is 107 Å². The fraction of sp³-hybridized carbons (Fsp3) is 0.333. The molecule has 3 nitrogen and oxygen atoms in total. The van der Waals surface area contributed by atoms with Crippen LogP contribution in [0.15, 0.2) is 36.5 Å². The van der Waals surface area contributed by atoms with Crippen molar-refractivity contribution in [2.75, 3.05) is 13.2 Å². The molecule has 0 aliphatic heterocycles. The smallest absolute Gasteiger partial charge is 0.165 e. The number of benzene rings is 1. The first-order valence-electron chi connectivity index (χ1n) is 6.27. The van der Waals surface area contributed by atoms with E-state index in [0.717, 1.165) is 17.3 Å². The molecule has 2 aromatic rings. The van der Waals surface area contributed by atoms with Gasteiger partial charge in [-0.1, -0.05) is 25.1 Å². The predicted octanol–water partition coefficient (Wildman–Crippen LogP) is 3.23. The Kier molecular flexibility index (Phi) is 4.42. The van der Waals surface area contributed by atoms with Gasteiger partial charge in [0.25, 0.3) is 0 Å². The molecule has 0 saturated heterocycles. The highest BCUT2D eigenvalue weighted by Gasteiger charge is 2.06. The van der Waals surface area contributed by atoms with Crippen LogP contribution in [-0.2, 0) is 4.74 Å². The second kappa shape index (κ2) is 6.26. The van der Waals surface area contributed by atoms with Crippen molar-refractivity contribution in [3.63, 3.8) is 0 Å². The van der Waals surface area contributed by atoms with Gasteiger partial charge >= 0.3 is 0 Å². The highest BCUT2D eigenvalue weighted by atomic mass is 16.5. The van der Waals surface area contributed by atoms with E-state index >= 15 is 0 Å². The van der Waals surface area contributed by atoms with Crippen molar-refractivity contribution in [1.29, 1.82) is 0 Å². The van der Waals surface area contributed by atoms with E-state index in [4.69, 9.17) is 4.74 Å². The summed E-state index contributed by atoms with van der Waals surface area (Å²) in [4.78, 5) is 16.2. The number of aromatic nitrogens is 1. The number of carbonyl (C=O) groups is 1. The number of pyridine rings is 1. The van der Waals surface area contributed by atoms with Crippen molar-refractivity contribution in [3.05, 3.63) is 42.1 Å². The van der Waals surface area contributed by atoms with Gasteiger partial charge in [0.1, 0.15) is 0 Å². The largest absolute Gasteiger partial charge is 0.381 e. The van der Waals surface area contributed by atoms with Gasteiger partial charge in [-0.3, -0.25) is 9.78 Å². The van der Waals surface area contributed by atoms with Crippen LogP contribution in [0.3, 0.4) is 0 Å². The molecule has 1 aromatic heterocycles. The average Bonchev–Trinajstić information content (AvgIpc) is 2.43. The molecule has 0 unspecified atom stereocenters. The van der Waals surface area contributed by atoms with E-state index in [1.54, 1.807) is 6.20 Å². The molecule has 0 bridgehead atoms. The van der Waals surface area contributed by atoms with Crippen LogP contribution < -0.4 is 0 Å². The quantitative estimate of drug-likeness (QED) is 0.577. The second-order valence-corrected chi connectivity index (χ2v) is 4.20. The molecular formula is C15H17NO2. The number of fused-ring (bicyclic) bond motifs is 1. The summed E-state index contributed by atoms with van der Waals surface area (Å²) < 4.78 is 5.33. The van der Waals surface area contributed by atoms with E-state index in [1.165, 1.54) is 0 Å². The monoisotopic (exact) mass is 243 g/mol. The number of ether oxygens (including phenoxy) is 1. The summed E-state index contributed by atoms with van der Waals surface area (Å²) >= 11 is 0. The molecule has 1 heterocycles. The maximum atomic E-state index is 11.9. The van der Waals surface area contributed by atoms with Crippen LogP contribution in [0.5, 0.6) is 0 Å². The minimum atomic E-state index is 0.110. The first-order valence-corrected chi connectivity index (χ1v) is 6.27. The van der Waals surface area contributed by atoms with Gasteiger partial charge in [-0.05, 0) is 18.6 Å². The SMILES string of the molecule is CCCOCCC(=O)c1ccc2cccnc2c1. The van der Waals surface area contributed by atoms with E-state index in [2.05, 4.69) is 11.9 Å². The molecule has 0 N–H and O–H groups in total. The Balaban J connectivity index is 2.04. The first kappa shape index (κ1) is 12.7. The summed E-state index contributed by atoms with van der Waals surface area (Å²) in [5, 5.41) is 1.05. The Morgan fingerprint density at radius 3 is 3.00 bits per heavy atom. The number of nitrogens with zero attached hydrogens (tertiary/aromatic N) is 1. The second-order valence-electron chi connectivity index (χ2n) is 4.20. The van der Waals surface area contributed by atoms with Crippen molar-refractivity contribution in [3.8, 4) is 0 Å². The third kappa shape index (κ3) is 3.14. The molecule has 0 spiro atoms. The third-order valence-electron chi connectivity index (χ3n) is 2.75. The lowest BCUT2D eigenvalue weighted by Crippen LogP contribution is -2.05. The van der Waals surface area contributed by atoms with E-state index in [0.29, 0.717) is 25.2 Å². The normalized spacial score (nSPS) is 10.7. The lowest BCUT2D eigenvalue weighted by molar-refractivity contribution is 0.0879. The minimum Gasteiger partial charge on any atom is -0.381 e. The molecule has 0 amide bonds. The molecule has 0 radical (unpaired) electrons. The highest BCUT2D eigenvalue weighted by Crippen LogP contribution is 2.14. The van der Waals surface area contributed by atoms with Crippen molar-refractivity contribution in [2.45, 2.75) is 19.8 Å². The maximum absolute atomic E-state index is 11.9. The fourth-order valence-electron chi connectivity index (χ4n) is 1.80. The van der Waals surface area contributed by atoms with Gasteiger partial charge in [-0.25, -0.2) is 0 Å². The number of rotatable bonds is 6. The summed E-state index contributed by atoms with van der Waals surface area (Å²) in [6, 6.07) is 9.51. The van der Waals surface area contributed by atoms with Crippen molar-refractivity contribution in [1.82, 2.24) is 4.98 Å². The first-order chi connectivity index (χ1) is 8.81.